The number of likely N-dealkylation sites (N-methyl/N-ethyl adjacent to an activating group) is 1. The van der Waals surface area contributed by atoms with Crippen molar-refractivity contribution in [2.75, 3.05) is 7.05 Å². The molecular weight excluding hydrogens is 262 g/mol. The third-order valence-electron chi connectivity index (χ3n) is 3.98. The van der Waals surface area contributed by atoms with Crippen molar-refractivity contribution in [3.63, 3.8) is 0 Å². The average Bonchev–Trinajstić information content (AvgIpc) is 2.97. The van der Waals surface area contributed by atoms with Crippen LogP contribution in [0.3, 0.4) is 0 Å². The first-order chi connectivity index (χ1) is 10.1. The molecule has 2 heterocycles. The summed E-state index contributed by atoms with van der Waals surface area (Å²) in [6.07, 6.45) is 0.870. The number of aryl methyl sites for hydroxylation is 3. The zero-order valence-corrected chi connectivity index (χ0v) is 13.0. The fraction of sp³-hybridized carbons (Fsp3) is 0.375. The van der Waals surface area contributed by atoms with E-state index < -0.39 is 0 Å². The molecule has 0 amide bonds. The lowest BCUT2D eigenvalue weighted by Crippen LogP contribution is -2.21. The van der Waals surface area contributed by atoms with Crippen molar-refractivity contribution in [2.45, 2.75) is 19.4 Å². The molecule has 21 heavy (non-hydrogen) atoms. The Bertz CT molecular complexity index is 768. The quantitative estimate of drug-likeness (QED) is 0.798. The molecule has 3 aromatic rings. The molecular formula is C16H21N5. The summed E-state index contributed by atoms with van der Waals surface area (Å²) in [4.78, 5) is 0. The van der Waals surface area contributed by atoms with Crippen molar-refractivity contribution in [3.05, 3.63) is 47.4 Å². The van der Waals surface area contributed by atoms with E-state index in [0.29, 0.717) is 0 Å². The second-order valence-corrected chi connectivity index (χ2v) is 5.47. The van der Waals surface area contributed by atoms with E-state index in [-0.39, 0.29) is 6.04 Å². The van der Waals surface area contributed by atoms with Gasteiger partial charge in [0.1, 0.15) is 0 Å². The molecule has 0 saturated heterocycles. The minimum absolute atomic E-state index is 0.172. The highest BCUT2D eigenvalue weighted by Gasteiger charge is 2.19. The first-order valence-electron chi connectivity index (χ1n) is 7.18. The van der Waals surface area contributed by atoms with Crippen LogP contribution in [0.4, 0.5) is 0 Å². The third-order valence-corrected chi connectivity index (χ3v) is 3.98. The number of rotatable bonds is 4. The lowest BCUT2D eigenvalue weighted by Gasteiger charge is -2.14. The standard InChI is InChI=1S/C16H21N5/c1-11-9-12(20(3)18-11)10-14(17-2)16-13-7-5-6-8-15(13)21(4)19-16/h5-9,14,17H,10H2,1-4H3. The van der Waals surface area contributed by atoms with Gasteiger partial charge in [-0.3, -0.25) is 9.36 Å². The maximum Gasteiger partial charge on any atom is 0.0876 e. The lowest BCUT2D eigenvalue weighted by molar-refractivity contribution is 0.543. The van der Waals surface area contributed by atoms with Gasteiger partial charge in [-0.2, -0.15) is 10.2 Å². The molecule has 2 aromatic heterocycles. The SMILES string of the molecule is CNC(Cc1cc(C)nn1C)c1nn(C)c2ccccc12. The smallest absolute Gasteiger partial charge is 0.0876 e. The van der Waals surface area contributed by atoms with Gasteiger partial charge in [0.05, 0.1) is 22.9 Å². The van der Waals surface area contributed by atoms with Crippen LogP contribution >= 0.6 is 0 Å². The molecule has 0 radical (unpaired) electrons. The monoisotopic (exact) mass is 283 g/mol. The summed E-state index contributed by atoms with van der Waals surface area (Å²) in [6.45, 7) is 2.02. The number of hydrogen-bond donors (Lipinski definition) is 1. The molecule has 1 unspecified atom stereocenters. The lowest BCUT2D eigenvalue weighted by atomic mass is 10.0. The summed E-state index contributed by atoms with van der Waals surface area (Å²) in [5.41, 5.74) is 4.51. The van der Waals surface area contributed by atoms with Gasteiger partial charge in [-0.05, 0) is 26.1 Å². The Morgan fingerprint density at radius 3 is 2.57 bits per heavy atom. The zero-order chi connectivity index (χ0) is 15.0. The van der Waals surface area contributed by atoms with Crippen molar-refractivity contribution in [1.82, 2.24) is 24.9 Å². The largest absolute Gasteiger partial charge is 0.311 e. The molecule has 110 valence electrons. The molecule has 0 bridgehead atoms. The van der Waals surface area contributed by atoms with Gasteiger partial charge in [0, 0.05) is 31.6 Å². The van der Waals surface area contributed by atoms with Gasteiger partial charge in [0.25, 0.3) is 0 Å². The number of fused-ring (bicyclic) bond motifs is 1. The van der Waals surface area contributed by atoms with Crippen LogP contribution in [-0.2, 0) is 20.5 Å². The van der Waals surface area contributed by atoms with Gasteiger partial charge in [-0.15, -0.1) is 0 Å². The minimum Gasteiger partial charge on any atom is -0.311 e. The van der Waals surface area contributed by atoms with E-state index >= 15 is 0 Å². The van der Waals surface area contributed by atoms with Crippen LogP contribution in [0.25, 0.3) is 10.9 Å². The highest BCUT2D eigenvalue weighted by molar-refractivity contribution is 5.82. The number of hydrogen-bond acceptors (Lipinski definition) is 3. The summed E-state index contributed by atoms with van der Waals surface area (Å²) in [7, 11) is 5.97. The predicted molar refractivity (Wildman–Crippen MR) is 84.2 cm³/mol. The van der Waals surface area contributed by atoms with E-state index in [1.807, 2.05) is 43.5 Å². The summed E-state index contributed by atoms with van der Waals surface area (Å²) in [5.74, 6) is 0. The fourth-order valence-corrected chi connectivity index (χ4v) is 2.90. The van der Waals surface area contributed by atoms with Crippen LogP contribution < -0.4 is 5.32 Å². The Hall–Kier alpha value is -2.14. The molecule has 0 fully saturated rings. The van der Waals surface area contributed by atoms with E-state index in [2.05, 4.69) is 34.7 Å². The van der Waals surface area contributed by atoms with Crippen LogP contribution in [0.15, 0.2) is 30.3 Å². The van der Waals surface area contributed by atoms with Crippen molar-refractivity contribution in [3.8, 4) is 0 Å². The zero-order valence-electron chi connectivity index (χ0n) is 13.0. The van der Waals surface area contributed by atoms with Crippen molar-refractivity contribution in [1.29, 1.82) is 0 Å². The fourth-order valence-electron chi connectivity index (χ4n) is 2.90. The topological polar surface area (TPSA) is 47.7 Å². The predicted octanol–water partition coefficient (Wildman–Crippen LogP) is 2.12. The van der Waals surface area contributed by atoms with Gasteiger partial charge >= 0.3 is 0 Å². The minimum atomic E-state index is 0.172. The summed E-state index contributed by atoms with van der Waals surface area (Å²) >= 11 is 0. The highest BCUT2D eigenvalue weighted by Crippen LogP contribution is 2.25. The van der Waals surface area contributed by atoms with Crippen LogP contribution in [0.1, 0.15) is 23.1 Å². The van der Waals surface area contributed by atoms with Crippen molar-refractivity contribution in [2.24, 2.45) is 14.1 Å². The third kappa shape index (κ3) is 2.45. The molecule has 5 nitrogen and oxygen atoms in total. The normalized spacial score (nSPS) is 13.0. The maximum absolute atomic E-state index is 4.72. The van der Waals surface area contributed by atoms with Crippen LogP contribution in [0.2, 0.25) is 0 Å². The Morgan fingerprint density at radius 2 is 1.90 bits per heavy atom. The Balaban J connectivity index is 2.00. The second kappa shape index (κ2) is 5.33. The van der Waals surface area contributed by atoms with Crippen molar-refractivity contribution >= 4 is 10.9 Å². The van der Waals surface area contributed by atoms with E-state index in [1.165, 1.54) is 11.1 Å². The molecule has 0 spiro atoms. The number of nitrogens with zero attached hydrogens (tertiary/aromatic N) is 4. The first kappa shape index (κ1) is 13.8. The average molecular weight is 283 g/mol. The van der Waals surface area contributed by atoms with Gasteiger partial charge < -0.3 is 5.32 Å². The van der Waals surface area contributed by atoms with Crippen LogP contribution in [0, 0.1) is 6.92 Å². The molecule has 0 saturated carbocycles. The molecule has 1 aromatic carbocycles. The van der Waals surface area contributed by atoms with Crippen molar-refractivity contribution < 1.29 is 0 Å². The molecule has 0 aliphatic rings. The second-order valence-electron chi connectivity index (χ2n) is 5.47. The van der Waals surface area contributed by atoms with Gasteiger partial charge in [0.2, 0.25) is 0 Å². The summed E-state index contributed by atoms with van der Waals surface area (Å²) < 4.78 is 3.90. The van der Waals surface area contributed by atoms with Crippen LogP contribution in [0.5, 0.6) is 0 Å². The summed E-state index contributed by atoms with van der Waals surface area (Å²) in [6, 6.07) is 10.7. The Morgan fingerprint density at radius 1 is 1.14 bits per heavy atom. The number of aromatic nitrogens is 4. The molecule has 1 atom stereocenters. The first-order valence-corrected chi connectivity index (χ1v) is 7.18. The number of nitrogens with one attached hydrogen (secondary N) is 1. The molecule has 3 rings (SSSR count). The summed E-state index contributed by atoms with van der Waals surface area (Å²) in [5, 5.41) is 13.7. The van der Waals surface area contributed by atoms with E-state index in [4.69, 9.17) is 5.10 Å². The number of para-hydroxylation sites is 1. The maximum atomic E-state index is 4.72. The van der Waals surface area contributed by atoms with Gasteiger partial charge in [-0.25, -0.2) is 0 Å². The highest BCUT2D eigenvalue weighted by atomic mass is 15.3. The Labute approximate surface area is 124 Å². The molecule has 5 heteroatoms. The Kier molecular flexibility index (Phi) is 3.51. The van der Waals surface area contributed by atoms with Gasteiger partial charge in [0.15, 0.2) is 0 Å². The van der Waals surface area contributed by atoms with E-state index in [0.717, 1.165) is 23.3 Å². The van der Waals surface area contributed by atoms with Crippen LogP contribution in [-0.4, -0.2) is 26.6 Å². The van der Waals surface area contributed by atoms with E-state index in [1.54, 1.807) is 0 Å². The molecule has 0 aliphatic carbocycles. The molecule has 0 aliphatic heterocycles. The number of benzene rings is 1. The van der Waals surface area contributed by atoms with E-state index in [9.17, 15) is 0 Å². The van der Waals surface area contributed by atoms with Gasteiger partial charge in [-0.1, -0.05) is 18.2 Å². The molecule has 1 N–H and O–H groups in total.